The third kappa shape index (κ3) is 3.39. The van der Waals surface area contributed by atoms with Gasteiger partial charge in [0.25, 0.3) is 10.0 Å². The highest BCUT2D eigenvalue weighted by Crippen LogP contribution is 2.29. The Bertz CT molecular complexity index is 778. The minimum Gasteiger partial charge on any atom is -0.399 e. The summed E-state index contributed by atoms with van der Waals surface area (Å²) in [6, 6.07) is 8.59. The van der Waals surface area contributed by atoms with Crippen LogP contribution in [0, 0.1) is 20.8 Å². The molecule has 0 aliphatic carbocycles. The van der Waals surface area contributed by atoms with Gasteiger partial charge >= 0.3 is 0 Å². The van der Waals surface area contributed by atoms with Crippen LogP contribution in [0.25, 0.3) is 0 Å². The summed E-state index contributed by atoms with van der Waals surface area (Å²) in [7, 11) is -3.70. The first-order valence-electron chi connectivity index (χ1n) is 6.36. The molecule has 0 bridgehead atoms. The van der Waals surface area contributed by atoms with Crippen LogP contribution in [0.4, 0.5) is 11.4 Å². The molecule has 0 heterocycles. The maximum Gasteiger partial charge on any atom is 0.263 e. The summed E-state index contributed by atoms with van der Waals surface area (Å²) in [4.78, 5) is 0.127. The van der Waals surface area contributed by atoms with Gasteiger partial charge in [0.2, 0.25) is 0 Å². The fraction of sp³-hybridized carbons (Fsp3) is 0.200. The Hall–Kier alpha value is -1.53. The first-order valence-corrected chi connectivity index (χ1v) is 8.64. The summed E-state index contributed by atoms with van der Waals surface area (Å²) in [6.07, 6.45) is 0. The number of sulfonamides is 1. The molecular formula is C15H17BrN2O2S. The second kappa shape index (κ2) is 5.69. The molecule has 4 nitrogen and oxygen atoms in total. The van der Waals surface area contributed by atoms with E-state index < -0.39 is 10.0 Å². The quantitative estimate of drug-likeness (QED) is 0.810. The fourth-order valence-electron chi connectivity index (χ4n) is 2.26. The average molecular weight is 369 g/mol. The standard InChI is InChI=1S/C15H17BrN2O2S/c1-9-6-10(2)15(11(3)7-9)18-21(19,20)14-8-12(17)4-5-13(14)16/h4-8,18H,17H2,1-3H3. The first kappa shape index (κ1) is 15.9. The molecule has 112 valence electrons. The van der Waals surface area contributed by atoms with E-state index in [1.54, 1.807) is 12.1 Å². The summed E-state index contributed by atoms with van der Waals surface area (Å²) in [5.41, 5.74) is 9.56. The van der Waals surface area contributed by atoms with Gasteiger partial charge in [0.15, 0.2) is 0 Å². The van der Waals surface area contributed by atoms with Crippen molar-refractivity contribution in [2.75, 3.05) is 10.5 Å². The van der Waals surface area contributed by atoms with E-state index in [-0.39, 0.29) is 4.90 Å². The van der Waals surface area contributed by atoms with E-state index in [1.165, 1.54) is 6.07 Å². The van der Waals surface area contributed by atoms with Crippen molar-refractivity contribution in [1.29, 1.82) is 0 Å². The molecule has 2 rings (SSSR count). The van der Waals surface area contributed by atoms with Crippen LogP contribution in [0.15, 0.2) is 39.7 Å². The number of benzene rings is 2. The first-order chi connectivity index (χ1) is 9.70. The van der Waals surface area contributed by atoms with Crippen LogP contribution in [-0.4, -0.2) is 8.42 Å². The van der Waals surface area contributed by atoms with Crippen molar-refractivity contribution < 1.29 is 8.42 Å². The monoisotopic (exact) mass is 368 g/mol. The smallest absolute Gasteiger partial charge is 0.263 e. The van der Waals surface area contributed by atoms with Crippen LogP contribution in [0.2, 0.25) is 0 Å². The van der Waals surface area contributed by atoms with Gasteiger partial charge in [-0.3, -0.25) is 4.72 Å². The SMILES string of the molecule is Cc1cc(C)c(NS(=O)(=O)c2cc(N)ccc2Br)c(C)c1. The van der Waals surface area contributed by atoms with Gasteiger partial charge in [-0.05, 0) is 66.0 Å². The molecule has 0 saturated heterocycles. The largest absolute Gasteiger partial charge is 0.399 e. The van der Waals surface area contributed by atoms with Crippen molar-refractivity contribution in [2.24, 2.45) is 0 Å². The minimum atomic E-state index is -3.70. The number of anilines is 2. The van der Waals surface area contributed by atoms with Gasteiger partial charge < -0.3 is 5.73 Å². The zero-order valence-corrected chi connectivity index (χ0v) is 14.5. The molecule has 0 aliphatic heterocycles. The van der Waals surface area contributed by atoms with Crippen LogP contribution in [0.5, 0.6) is 0 Å². The van der Waals surface area contributed by atoms with Crippen molar-refractivity contribution in [1.82, 2.24) is 0 Å². The lowest BCUT2D eigenvalue weighted by atomic mass is 10.1. The Morgan fingerprint density at radius 2 is 1.62 bits per heavy atom. The molecule has 0 aromatic heterocycles. The number of nitrogens with two attached hydrogens (primary N) is 1. The van der Waals surface area contributed by atoms with E-state index in [4.69, 9.17) is 5.73 Å². The van der Waals surface area contributed by atoms with Crippen LogP contribution in [0.3, 0.4) is 0 Å². The molecule has 3 N–H and O–H groups in total. The van der Waals surface area contributed by atoms with Crippen molar-refractivity contribution in [3.63, 3.8) is 0 Å². The fourth-order valence-corrected chi connectivity index (χ4v) is 4.46. The molecule has 0 saturated carbocycles. The maximum absolute atomic E-state index is 12.6. The highest BCUT2D eigenvalue weighted by atomic mass is 79.9. The minimum absolute atomic E-state index is 0.127. The average Bonchev–Trinajstić information content (AvgIpc) is 2.36. The van der Waals surface area contributed by atoms with Gasteiger partial charge in [-0.1, -0.05) is 17.7 Å². The summed E-state index contributed by atoms with van der Waals surface area (Å²) < 4.78 is 28.3. The van der Waals surface area contributed by atoms with E-state index in [2.05, 4.69) is 20.7 Å². The Kier molecular flexibility index (Phi) is 4.30. The highest BCUT2D eigenvalue weighted by Gasteiger charge is 2.20. The number of halogens is 1. The van der Waals surface area contributed by atoms with Crippen LogP contribution < -0.4 is 10.5 Å². The normalized spacial score (nSPS) is 11.4. The number of hydrogen-bond donors (Lipinski definition) is 2. The Labute approximate surface area is 133 Å². The van der Waals surface area contributed by atoms with Gasteiger partial charge in [-0.15, -0.1) is 0 Å². The maximum atomic E-state index is 12.6. The predicted molar refractivity (Wildman–Crippen MR) is 90.0 cm³/mol. The molecule has 0 fully saturated rings. The van der Waals surface area contributed by atoms with E-state index in [0.29, 0.717) is 15.8 Å². The second-order valence-corrected chi connectivity index (χ2v) is 7.57. The van der Waals surface area contributed by atoms with Gasteiger partial charge in [-0.2, -0.15) is 0 Å². The molecule has 0 spiro atoms. The van der Waals surface area contributed by atoms with E-state index >= 15 is 0 Å². The molecule has 0 amide bonds. The number of hydrogen-bond acceptors (Lipinski definition) is 3. The Morgan fingerprint density at radius 3 is 2.19 bits per heavy atom. The lowest BCUT2D eigenvalue weighted by molar-refractivity contribution is 0.600. The molecule has 2 aromatic rings. The van der Waals surface area contributed by atoms with E-state index in [0.717, 1.165) is 16.7 Å². The predicted octanol–water partition coefficient (Wildman–Crippen LogP) is 3.76. The van der Waals surface area contributed by atoms with Crippen molar-refractivity contribution in [2.45, 2.75) is 25.7 Å². The zero-order valence-electron chi connectivity index (χ0n) is 12.1. The van der Waals surface area contributed by atoms with Crippen LogP contribution in [0.1, 0.15) is 16.7 Å². The third-order valence-corrected chi connectivity index (χ3v) is 5.50. The van der Waals surface area contributed by atoms with Crippen molar-refractivity contribution >= 4 is 37.3 Å². The van der Waals surface area contributed by atoms with Crippen LogP contribution >= 0.6 is 15.9 Å². The highest BCUT2D eigenvalue weighted by molar-refractivity contribution is 9.10. The lowest BCUT2D eigenvalue weighted by Gasteiger charge is -2.15. The van der Waals surface area contributed by atoms with E-state index in [1.807, 2.05) is 32.9 Å². The third-order valence-electron chi connectivity index (χ3n) is 3.16. The van der Waals surface area contributed by atoms with Crippen molar-refractivity contribution in [3.8, 4) is 0 Å². The molecule has 0 aliphatic rings. The van der Waals surface area contributed by atoms with Gasteiger partial charge in [0.05, 0.1) is 5.69 Å². The summed E-state index contributed by atoms with van der Waals surface area (Å²) in [6.45, 7) is 5.74. The second-order valence-electron chi connectivity index (χ2n) is 5.07. The number of nitrogen functional groups attached to an aromatic ring is 1. The Balaban J connectivity index is 2.50. The molecule has 21 heavy (non-hydrogen) atoms. The topological polar surface area (TPSA) is 72.2 Å². The molecule has 0 atom stereocenters. The Morgan fingerprint density at radius 1 is 1.05 bits per heavy atom. The van der Waals surface area contributed by atoms with Gasteiger partial charge in [-0.25, -0.2) is 8.42 Å². The molecule has 2 aromatic carbocycles. The number of rotatable bonds is 3. The lowest BCUT2D eigenvalue weighted by Crippen LogP contribution is -2.15. The molecular weight excluding hydrogens is 352 g/mol. The van der Waals surface area contributed by atoms with Crippen molar-refractivity contribution in [3.05, 3.63) is 51.5 Å². The zero-order chi connectivity index (χ0) is 15.8. The number of aryl methyl sites for hydroxylation is 3. The molecule has 6 heteroatoms. The molecule has 0 unspecified atom stereocenters. The summed E-state index contributed by atoms with van der Waals surface area (Å²) >= 11 is 3.25. The number of nitrogens with one attached hydrogen (secondary N) is 1. The summed E-state index contributed by atoms with van der Waals surface area (Å²) in [5, 5.41) is 0. The summed E-state index contributed by atoms with van der Waals surface area (Å²) in [5.74, 6) is 0. The molecule has 0 radical (unpaired) electrons. The van der Waals surface area contributed by atoms with Gasteiger partial charge in [0.1, 0.15) is 4.90 Å². The van der Waals surface area contributed by atoms with Crippen LogP contribution in [-0.2, 0) is 10.0 Å². The van der Waals surface area contributed by atoms with Gasteiger partial charge in [0, 0.05) is 10.2 Å². The van der Waals surface area contributed by atoms with E-state index in [9.17, 15) is 8.42 Å².